The summed E-state index contributed by atoms with van der Waals surface area (Å²) in [5.41, 5.74) is 4.29. The number of likely N-dealkylation sites (tertiary alicyclic amines) is 1. The molecule has 0 aromatic carbocycles. The zero-order chi connectivity index (χ0) is 23.0. The quantitative estimate of drug-likeness (QED) is 0.697. The van der Waals surface area contributed by atoms with E-state index in [4.69, 9.17) is 15.2 Å². The van der Waals surface area contributed by atoms with Crippen molar-refractivity contribution in [2.45, 2.75) is 65.2 Å². The van der Waals surface area contributed by atoms with Gasteiger partial charge in [-0.2, -0.15) is 5.10 Å². The van der Waals surface area contributed by atoms with Gasteiger partial charge in [0.05, 0.1) is 6.04 Å². The van der Waals surface area contributed by atoms with Gasteiger partial charge in [0.15, 0.2) is 5.82 Å². The van der Waals surface area contributed by atoms with Gasteiger partial charge >= 0.3 is 12.2 Å². The van der Waals surface area contributed by atoms with Crippen molar-refractivity contribution in [2.24, 2.45) is 5.73 Å². The SMILES string of the molecule is CN(C(=O)OC(C)(C)C)c1c(C(N)=O)c(Br)nn1C1CCN(C(=O)OC(C)(C)C)C1. The Morgan fingerprint density at radius 3 is 2.20 bits per heavy atom. The molecule has 3 amide bonds. The third kappa shape index (κ3) is 5.65. The minimum absolute atomic E-state index is 0.0686. The first-order valence-electron chi connectivity index (χ1n) is 9.63. The fraction of sp³-hybridized carbons (Fsp3) is 0.684. The molecule has 2 rings (SSSR count). The summed E-state index contributed by atoms with van der Waals surface area (Å²) in [6, 6.07) is -0.276. The zero-order valence-electron chi connectivity index (χ0n) is 18.5. The molecule has 1 aromatic rings. The number of carbonyl (C=O) groups excluding carboxylic acids is 3. The van der Waals surface area contributed by atoms with Crippen LogP contribution in [0.5, 0.6) is 0 Å². The van der Waals surface area contributed by atoms with E-state index in [2.05, 4.69) is 21.0 Å². The van der Waals surface area contributed by atoms with E-state index in [-0.39, 0.29) is 22.0 Å². The Hall–Kier alpha value is -2.30. The molecule has 2 N–H and O–H groups in total. The van der Waals surface area contributed by atoms with Crippen LogP contribution in [0.1, 0.15) is 64.4 Å². The maximum absolute atomic E-state index is 12.7. The highest BCUT2D eigenvalue weighted by atomic mass is 79.9. The molecule has 1 unspecified atom stereocenters. The molecule has 1 saturated heterocycles. The van der Waals surface area contributed by atoms with Crippen LogP contribution >= 0.6 is 15.9 Å². The van der Waals surface area contributed by atoms with E-state index in [1.165, 1.54) is 11.9 Å². The topological polar surface area (TPSA) is 120 Å². The molecule has 0 radical (unpaired) electrons. The molecule has 11 heteroatoms. The van der Waals surface area contributed by atoms with Crippen LogP contribution in [0.2, 0.25) is 0 Å². The van der Waals surface area contributed by atoms with Crippen molar-refractivity contribution in [3.63, 3.8) is 0 Å². The molecular formula is C19H30BrN5O5. The summed E-state index contributed by atoms with van der Waals surface area (Å²) in [6.45, 7) is 11.4. The molecule has 0 saturated carbocycles. The van der Waals surface area contributed by atoms with E-state index in [9.17, 15) is 14.4 Å². The molecule has 168 valence electrons. The highest BCUT2D eigenvalue weighted by Gasteiger charge is 2.36. The Morgan fingerprint density at radius 1 is 1.13 bits per heavy atom. The summed E-state index contributed by atoms with van der Waals surface area (Å²) in [5.74, 6) is -0.528. The molecule has 0 spiro atoms. The maximum Gasteiger partial charge on any atom is 0.415 e. The number of nitrogens with two attached hydrogens (primary N) is 1. The van der Waals surface area contributed by atoms with Gasteiger partial charge in [-0.05, 0) is 63.9 Å². The molecule has 0 bridgehead atoms. The van der Waals surface area contributed by atoms with E-state index < -0.39 is 29.3 Å². The van der Waals surface area contributed by atoms with Crippen molar-refractivity contribution in [3.8, 4) is 0 Å². The molecule has 1 atom stereocenters. The second-order valence-electron chi connectivity index (χ2n) is 9.21. The van der Waals surface area contributed by atoms with Crippen molar-refractivity contribution in [3.05, 3.63) is 10.2 Å². The van der Waals surface area contributed by atoms with Gasteiger partial charge in [0.25, 0.3) is 5.91 Å². The lowest BCUT2D eigenvalue weighted by molar-refractivity contribution is 0.0287. The van der Waals surface area contributed by atoms with Crippen LogP contribution in [0, 0.1) is 0 Å². The minimum atomic E-state index is -0.736. The molecule has 2 heterocycles. The lowest BCUT2D eigenvalue weighted by Gasteiger charge is -2.27. The van der Waals surface area contributed by atoms with Crippen LogP contribution in [0.15, 0.2) is 4.60 Å². The first-order chi connectivity index (χ1) is 13.6. The average molecular weight is 488 g/mol. The summed E-state index contributed by atoms with van der Waals surface area (Å²) < 4.78 is 12.6. The van der Waals surface area contributed by atoms with Crippen molar-refractivity contribution in [1.29, 1.82) is 0 Å². The Kier molecular flexibility index (Phi) is 6.75. The van der Waals surface area contributed by atoms with Gasteiger partial charge in [-0.25, -0.2) is 14.3 Å². The van der Waals surface area contributed by atoms with Crippen molar-refractivity contribution in [2.75, 3.05) is 25.0 Å². The second-order valence-corrected chi connectivity index (χ2v) is 9.96. The molecule has 1 aliphatic heterocycles. The molecule has 1 aromatic heterocycles. The first-order valence-corrected chi connectivity index (χ1v) is 10.4. The summed E-state index contributed by atoms with van der Waals surface area (Å²) in [4.78, 5) is 39.9. The number of halogens is 1. The number of amides is 3. The standard InChI is InChI=1S/C19H30BrN5O5/c1-18(2,3)29-16(27)23(7)15-12(14(21)26)13(20)22-25(15)11-8-9-24(10-11)17(28)30-19(4,5)6/h11H,8-10H2,1-7H3,(H2,21,26). The number of ether oxygens (including phenoxy) is 2. The van der Waals surface area contributed by atoms with Gasteiger partial charge in [0.2, 0.25) is 0 Å². The minimum Gasteiger partial charge on any atom is -0.444 e. The third-order valence-corrected chi connectivity index (χ3v) is 4.79. The van der Waals surface area contributed by atoms with Crippen LogP contribution in [0.4, 0.5) is 15.4 Å². The van der Waals surface area contributed by atoms with Crippen LogP contribution in [0.25, 0.3) is 0 Å². The smallest absolute Gasteiger partial charge is 0.415 e. The van der Waals surface area contributed by atoms with E-state index >= 15 is 0 Å². The Bertz CT molecular complexity index is 840. The summed E-state index contributed by atoms with van der Waals surface area (Å²) in [5, 5.41) is 4.39. The maximum atomic E-state index is 12.7. The van der Waals surface area contributed by atoms with Gasteiger partial charge in [-0.1, -0.05) is 0 Å². The molecule has 30 heavy (non-hydrogen) atoms. The predicted molar refractivity (Wildman–Crippen MR) is 115 cm³/mol. The number of anilines is 1. The lowest BCUT2D eigenvalue weighted by Crippen LogP contribution is -2.37. The first kappa shape index (κ1) is 24.0. The van der Waals surface area contributed by atoms with Crippen molar-refractivity contribution < 1.29 is 23.9 Å². The molecule has 0 aliphatic carbocycles. The van der Waals surface area contributed by atoms with Crippen LogP contribution < -0.4 is 10.6 Å². The summed E-state index contributed by atoms with van der Waals surface area (Å²) in [7, 11) is 1.49. The van der Waals surface area contributed by atoms with Crippen LogP contribution in [0.3, 0.4) is 0 Å². The normalized spacial score (nSPS) is 17.1. The summed E-state index contributed by atoms with van der Waals surface area (Å²) in [6.07, 6.45) is -0.505. The average Bonchev–Trinajstić information content (AvgIpc) is 3.15. The van der Waals surface area contributed by atoms with Gasteiger partial charge in [-0.15, -0.1) is 0 Å². The largest absolute Gasteiger partial charge is 0.444 e. The highest BCUT2D eigenvalue weighted by Crippen LogP contribution is 2.34. The van der Waals surface area contributed by atoms with E-state index in [1.54, 1.807) is 51.1 Å². The summed E-state index contributed by atoms with van der Waals surface area (Å²) >= 11 is 3.26. The number of nitrogens with zero attached hydrogens (tertiary/aromatic N) is 4. The monoisotopic (exact) mass is 487 g/mol. The number of carbonyl (C=O) groups is 3. The number of rotatable bonds is 3. The Balaban J connectivity index is 2.35. The highest BCUT2D eigenvalue weighted by molar-refractivity contribution is 9.10. The number of aromatic nitrogens is 2. The molecule has 1 aliphatic rings. The van der Waals surface area contributed by atoms with E-state index in [1.807, 2.05) is 0 Å². The van der Waals surface area contributed by atoms with Gasteiger partial charge < -0.3 is 20.1 Å². The fourth-order valence-electron chi connectivity index (χ4n) is 3.04. The van der Waals surface area contributed by atoms with Crippen molar-refractivity contribution >= 4 is 39.8 Å². The lowest BCUT2D eigenvalue weighted by atomic mass is 10.2. The van der Waals surface area contributed by atoms with Gasteiger partial charge in [0, 0.05) is 20.1 Å². The predicted octanol–water partition coefficient (Wildman–Crippen LogP) is 3.30. The number of primary amides is 1. The number of hydrogen-bond acceptors (Lipinski definition) is 6. The van der Waals surface area contributed by atoms with E-state index in [0.717, 1.165) is 0 Å². The zero-order valence-corrected chi connectivity index (χ0v) is 20.1. The molecule has 1 fully saturated rings. The molecular weight excluding hydrogens is 458 g/mol. The van der Waals surface area contributed by atoms with Gasteiger partial charge in [-0.3, -0.25) is 9.69 Å². The number of hydrogen-bond donors (Lipinski definition) is 1. The molecule has 10 nitrogen and oxygen atoms in total. The van der Waals surface area contributed by atoms with E-state index in [0.29, 0.717) is 19.5 Å². The third-order valence-electron chi connectivity index (χ3n) is 4.23. The van der Waals surface area contributed by atoms with Crippen molar-refractivity contribution in [1.82, 2.24) is 14.7 Å². The van der Waals surface area contributed by atoms with Gasteiger partial charge in [0.1, 0.15) is 21.4 Å². The Morgan fingerprint density at radius 2 is 1.70 bits per heavy atom. The fourth-order valence-corrected chi connectivity index (χ4v) is 3.58. The Labute approximate surface area is 184 Å². The van der Waals surface area contributed by atoms with Crippen LogP contribution in [-0.2, 0) is 9.47 Å². The second kappa shape index (κ2) is 8.44. The van der Waals surface area contributed by atoms with Crippen LogP contribution in [-0.4, -0.2) is 64.1 Å².